The third-order valence-corrected chi connectivity index (χ3v) is 2.68. The molecule has 0 bridgehead atoms. The molecule has 88 valence electrons. The second-order valence-electron chi connectivity index (χ2n) is 3.64. The van der Waals surface area contributed by atoms with Gasteiger partial charge in [-0.1, -0.05) is 12.0 Å². The smallest absolute Gasteiger partial charge is 0.0947 e. The Morgan fingerprint density at radius 3 is 2.62 bits per heavy atom. The maximum absolute atomic E-state index is 5.79. The van der Waals surface area contributed by atoms with Crippen molar-refractivity contribution in [3.05, 3.63) is 29.3 Å². The summed E-state index contributed by atoms with van der Waals surface area (Å²) in [5.74, 6) is 8.33. The number of aryl methyl sites for hydroxylation is 2. The molecular formula is C12H16Cl2N2. The van der Waals surface area contributed by atoms with Gasteiger partial charge in [0.25, 0.3) is 0 Å². The van der Waals surface area contributed by atoms with Crippen LogP contribution in [-0.4, -0.2) is 6.54 Å². The summed E-state index contributed by atoms with van der Waals surface area (Å²) in [5, 5.41) is 1.61. The maximum atomic E-state index is 5.79. The average molecular weight is 259 g/mol. The van der Waals surface area contributed by atoms with Crippen molar-refractivity contribution >= 4 is 30.5 Å². The first-order valence-electron chi connectivity index (χ1n) is 4.89. The van der Waals surface area contributed by atoms with Gasteiger partial charge in [-0.2, -0.15) is 0 Å². The molecule has 0 atom stereocenters. The minimum Gasteiger partial charge on any atom is -0.299 e. The summed E-state index contributed by atoms with van der Waals surface area (Å²) in [6.07, 6.45) is 8.85. The van der Waals surface area contributed by atoms with Gasteiger partial charge in [-0.15, -0.1) is 31.2 Å². The lowest BCUT2D eigenvalue weighted by Gasteiger charge is -2.16. The molecule has 2 nitrogen and oxygen atoms in total. The third-order valence-electron chi connectivity index (χ3n) is 2.68. The Morgan fingerprint density at radius 2 is 1.94 bits per heavy atom. The lowest BCUT2D eigenvalue weighted by molar-refractivity contribution is 0.911. The minimum atomic E-state index is 0. The van der Waals surface area contributed by atoms with Gasteiger partial charge in [0.05, 0.1) is 12.2 Å². The first-order valence-corrected chi connectivity index (χ1v) is 4.89. The first-order chi connectivity index (χ1) is 6.81. The third kappa shape index (κ3) is 3.05. The van der Waals surface area contributed by atoms with Gasteiger partial charge in [0.15, 0.2) is 0 Å². The highest BCUT2D eigenvalue weighted by Crippen LogP contribution is 2.25. The number of hydrogen-bond acceptors (Lipinski definition) is 2. The summed E-state index contributed by atoms with van der Waals surface area (Å²) in [6.45, 7) is 0.457. The number of hydrogen-bond donors (Lipinski definition) is 1. The van der Waals surface area contributed by atoms with Crippen molar-refractivity contribution in [3.8, 4) is 12.3 Å². The lowest BCUT2D eigenvalue weighted by atomic mass is 10.1. The van der Waals surface area contributed by atoms with Gasteiger partial charge in [0.2, 0.25) is 0 Å². The highest BCUT2D eigenvalue weighted by molar-refractivity contribution is 5.85. The van der Waals surface area contributed by atoms with Gasteiger partial charge in [0.1, 0.15) is 0 Å². The standard InChI is InChI=1S/C12H14N2.2ClH/c1-2-8-14(13)12-7-6-10-4-3-5-11(10)9-12;;/h1,6-7,9H,3-5,8,13H2;2*1H. The van der Waals surface area contributed by atoms with E-state index in [1.165, 1.54) is 30.4 Å². The van der Waals surface area contributed by atoms with Crippen LogP contribution in [0.5, 0.6) is 0 Å². The zero-order valence-corrected chi connectivity index (χ0v) is 10.6. The molecule has 0 radical (unpaired) electrons. The van der Waals surface area contributed by atoms with E-state index in [4.69, 9.17) is 12.3 Å². The van der Waals surface area contributed by atoms with Crippen molar-refractivity contribution < 1.29 is 0 Å². The number of anilines is 1. The van der Waals surface area contributed by atoms with E-state index in [9.17, 15) is 0 Å². The molecular weight excluding hydrogens is 243 g/mol. The summed E-state index contributed by atoms with van der Waals surface area (Å²) in [7, 11) is 0. The summed E-state index contributed by atoms with van der Waals surface area (Å²) >= 11 is 0. The van der Waals surface area contributed by atoms with Gasteiger partial charge in [-0.25, -0.2) is 5.84 Å². The van der Waals surface area contributed by atoms with E-state index < -0.39 is 0 Å². The Balaban J connectivity index is 0.00000112. The molecule has 0 saturated carbocycles. The molecule has 4 heteroatoms. The number of benzene rings is 1. The van der Waals surface area contributed by atoms with Crippen molar-refractivity contribution in [1.29, 1.82) is 0 Å². The SMILES string of the molecule is C#CCN(N)c1ccc2c(c1)CCC2.Cl.Cl. The molecule has 0 aromatic heterocycles. The number of nitrogens with zero attached hydrogens (tertiary/aromatic N) is 1. The van der Waals surface area contributed by atoms with Gasteiger partial charge < -0.3 is 0 Å². The Morgan fingerprint density at radius 1 is 1.25 bits per heavy atom. The number of hydrazine groups is 1. The van der Waals surface area contributed by atoms with Crippen LogP contribution < -0.4 is 10.9 Å². The van der Waals surface area contributed by atoms with Crippen LogP contribution in [-0.2, 0) is 12.8 Å². The molecule has 0 spiro atoms. The average Bonchev–Trinajstić information content (AvgIpc) is 2.64. The van der Waals surface area contributed by atoms with E-state index in [1.54, 1.807) is 5.01 Å². The highest BCUT2D eigenvalue weighted by atomic mass is 35.5. The Bertz CT molecular complexity index is 385. The molecule has 2 N–H and O–H groups in total. The van der Waals surface area contributed by atoms with Gasteiger partial charge in [-0.05, 0) is 42.5 Å². The van der Waals surface area contributed by atoms with Crippen LogP contribution in [0.4, 0.5) is 5.69 Å². The van der Waals surface area contributed by atoms with Gasteiger partial charge in [0, 0.05) is 0 Å². The fourth-order valence-electron chi connectivity index (χ4n) is 1.93. The minimum absolute atomic E-state index is 0. The van der Waals surface area contributed by atoms with Crippen LogP contribution in [0.15, 0.2) is 18.2 Å². The number of terminal acetylenes is 1. The monoisotopic (exact) mass is 258 g/mol. The maximum Gasteiger partial charge on any atom is 0.0947 e. The molecule has 0 unspecified atom stereocenters. The van der Waals surface area contributed by atoms with Crippen LogP contribution in [0.1, 0.15) is 17.5 Å². The van der Waals surface area contributed by atoms with Crippen molar-refractivity contribution in [2.75, 3.05) is 11.6 Å². The largest absolute Gasteiger partial charge is 0.299 e. The summed E-state index contributed by atoms with van der Waals surface area (Å²) in [6, 6.07) is 6.36. The van der Waals surface area contributed by atoms with Gasteiger partial charge >= 0.3 is 0 Å². The molecule has 1 aromatic rings. The van der Waals surface area contributed by atoms with Crippen LogP contribution >= 0.6 is 24.8 Å². The Kier molecular flexibility index (Phi) is 6.28. The van der Waals surface area contributed by atoms with Crippen LogP contribution in [0, 0.1) is 12.3 Å². The molecule has 2 rings (SSSR count). The highest BCUT2D eigenvalue weighted by Gasteiger charge is 2.11. The van der Waals surface area contributed by atoms with E-state index in [-0.39, 0.29) is 24.8 Å². The molecule has 0 heterocycles. The summed E-state index contributed by atoms with van der Waals surface area (Å²) < 4.78 is 0. The number of fused-ring (bicyclic) bond motifs is 1. The van der Waals surface area contributed by atoms with Crippen LogP contribution in [0.25, 0.3) is 0 Å². The predicted molar refractivity (Wildman–Crippen MR) is 73.3 cm³/mol. The van der Waals surface area contributed by atoms with E-state index in [0.717, 1.165) is 5.69 Å². The molecule has 1 aliphatic rings. The molecule has 16 heavy (non-hydrogen) atoms. The second-order valence-corrected chi connectivity index (χ2v) is 3.64. The number of nitrogens with two attached hydrogens (primary N) is 1. The molecule has 0 fully saturated rings. The zero-order chi connectivity index (χ0) is 9.97. The van der Waals surface area contributed by atoms with Crippen LogP contribution in [0.2, 0.25) is 0 Å². The molecule has 0 amide bonds. The fourth-order valence-corrected chi connectivity index (χ4v) is 1.93. The summed E-state index contributed by atoms with van der Waals surface area (Å²) in [5.41, 5.74) is 3.90. The van der Waals surface area contributed by atoms with E-state index in [1.807, 2.05) is 6.07 Å². The van der Waals surface area contributed by atoms with Crippen molar-refractivity contribution in [1.82, 2.24) is 0 Å². The lowest BCUT2D eigenvalue weighted by Crippen LogP contribution is -2.31. The van der Waals surface area contributed by atoms with Crippen molar-refractivity contribution in [3.63, 3.8) is 0 Å². The molecule has 0 aliphatic heterocycles. The Hall–Kier alpha value is -0.880. The first kappa shape index (κ1) is 15.1. The zero-order valence-electron chi connectivity index (χ0n) is 8.98. The van der Waals surface area contributed by atoms with E-state index in [2.05, 4.69) is 18.1 Å². The van der Waals surface area contributed by atoms with Crippen molar-refractivity contribution in [2.24, 2.45) is 5.84 Å². The fraction of sp³-hybridized carbons (Fsp3) is 0.333. The van der Waals surface area contributed by atoms with E-state index in [0.29, 0.717) is 6.54 Å². The van der Waals surface area contributed by atoms with Crippen LogP contribution in [0.3, 0.4) is 0 Å². The predicted octanol–water partition coefficient (Wildman–Crippen LogP) is 2.33. The number of rotatable bonds is 2. The molecule has 1 aliphatic carbocycles. The molecule has 0 saturated heterocycles. The number of halogens is 2. The molecule has 1 aromatic carbocycles. The van der Waals surface area contributed by atoms with Crippen molar-refractivity contribution in [2.45, 2.75) is 19.3 Å². The topological polar surface area (TPSA) is 29.3 Å². The Labute approximate surface area is 109 Å². The second kappa shape index (κ2) is 6.65. The van der Waals surface area contributed by atoms with E-state index >= 15 is 0 Å². The normalized spacial score (nSPS) is 11.8. The summed E-state index contributed by atoms with van der Waals surface area (Å²) in [4.78, 5) is 0. The quantitative estimate of drug-likeness (QED) is 0.502. The van der Waals surface area contributed by atoms with Gasteiger partial charge in [-0.3, -0.25) is 5.01 Å².